The summed E-state index contributed by atoms with van der Waals surface area (Å²) in [5.74, 6) is -0.321. The van der Waals surface area contributed by atoms with Crippen LogP contribution in [0.4, 0.5) is 0 Å². The molecule has 1 N–H and O–H groups in total. The van der Waals surface area contributed by atoms with Crippen molar-refractivity contribution >= 4 is 55.7 Å². The van der Waals surface area contributed by atoms with Crippen molar-refractivity contribution in [3.63, 3.8) is 0 Å². The predicted octanol–water partition coefficient (Wildman–Crippen LogP) is 3.48. The number of fused-ring (bicyclic) bond motifs is 1. The first-order valence-electron chi connectivity index (χ1n) is 6.33. The second-order valence-corrected chi connectivity index (χ2v) is 6.38. The van der Waals surface area contributed by atoms with Gasteiger partial charge >= 0.3 is 0 Å². The molecule has 2 aliphatic rings. The number of rotatable bonds is 2. The fourth-order valence-corrected chi connectivity index (χ4v) is 2.99. The van der Waals surface area contributed by atoms with E-state index in [1.807, 2.05) is 31.2 Å². The lowest BCUT2D eigenvalue weighted by Gasteiger charge is -2.20. The molecule has 1 amide bonds. The third kappa shape index (κ3) is 2.71. The minimum absolute atomic E-state index is 0.0730. The molecule has 0 aromatic heterocycles. The molecular weight excluding hydrogens is 352 g/mol. The Balaban J connectivity index is 1.97. The van der Waals surface area contributed by atoms with Crippen LogP contribution in [0, 0.1) is 5.41 Å². The highest BCUT2D eigenvalue weighted by Crippen LogP contribution is 2.29. The molecule has 106 valence electrons. The van der Waals surface area contributed by atoms with Gasteiger partial charge in [-0.1, -0.05) is 35.0 Å². The van der Waals surface area contributed by atoms with Gasteiger partial charge in [-0.05, 0) is 42.0 Å². The third-order valence-electron chi connectivity index (χ3n) is 2.98. The summed E-state index contributed by atoms with van der Waals surface area (Å²) in [6.07, 6.45) is 2.43. The molecule has 5 nitrogen and oxygen atoms in total. The predicted molar refractivity (Wildman–Crippen MR) is 89.4 cm³/mol. The van der Waals surface area contributed by atoms with E-state index in [1.54, 1.807) is 6.08 Å². The van der Waals surface area contributed by atoms with E-state index in [2.05, 4.69) is 26.0 Å². The summed E-state index contributed by atoms with van der Waals surface area (Å²) in [6.45, 7) is 1.98. The van der Waals surface area contributed by atoms with Gasteiger partial charge in [0.1, 0.15) is 5.04 Å². The molecule has 0 saturated heterocycles. The molecule has 0 radical (unpaired) electrons. The van der Waals surface area contributed by atoms with E-state index in [0.717, 1.165) is 21.5 Å². The monoisotopic (exact) mass is 362 g/mol. The highest BCUT2D eigenvalue weighted by molar-refractivity contribution is 9.10. The lowest BCUT2D eigenvalue weighted by Crippen LogP contribution is -2.35. The summed E-state index contributed by atoms with van der Waals surface area (Å²) in [5.41, 5.74) is 1.10. The van der Waals surface area contributed by atoms with E-state index in [4.69, 9.17) is 5.41 Å². The van der Waals surface area contributed by atoms with E-state index in [-0.39, 0.29) is 11.4 Å². The number of hydrogen-bond acceptors (Lipinski definition) is 4. The van der Waals surface area contributed by atoms with Crippen LogP contribution in [0.2, 0.25) is 0 Å². The third-order valence-corrected chi connectivity index (χ3v) is 4.56. The Hall–Kier alpha value is -1.73. The molecule has 0 aliphatic carbocycles. The maximum absolute atomic E-state index is 12.1. The molecule has 0 unspecified atom stereocenters. The number of hydrogen-bond donors (Lipinski definition) is 1. The van der Waals surface area contributed by atoms with E-state index in [9.17, 15) is 4.79 Å². The van der Waals surface area contributed by atoms with Crippen LogP contribution in [0.25, 0.3) is 6.08 Å². The summed E-state index contributed by atoms with van der Waals surface area (Å²) in [6, 6.07) is 7.51. The molecule has 0 saturated carbocycles. The van der Waals surface area contributed by atoms with Gasteiger partial charge in [0, 0.05) is 4.47 Å². The van der Waals surface area contributed by atoms with Crippen molar-refractivity contribution in [1.29, 1.82) is 5.41 Å². The molecule has 0 fully saturated rings. The standard InChI is InChI=1S/C14H11BrN4OS/c1-2-11-18-19-12(16)10(13(20)17-14(19)21-11)7-8-3-5-9(15)6-4-8/h3-7,16H,2H2,1H3. The second kappa shape index (κ2) is 5.57. The molecule has 0 atom stereocenters. The van der Waals surface area contributed by atoms with Gasteiger partial charge in [0.05, 0.1) is 5.57 Å². The van der Waals surface area contributed by atoms with Crippen molar-refractivity contribution in [2.45, 2.75) is 13.3 Å². The van der Waals surface area contributed by atoms with Crippen LogP contribution in [-0.2, 0) is 4.79 Å². The molecule has 1 aromatic carbocycles. The molecule has 0 spiro atoms. The van der Waals surface area contributed by atoms with Gasteiger partial charge in [0.15, 0.2) is 5.84 Å². The van der Waals surface area contributed by atoms with Crippen molar-refractivity contribution in [2.24, 2.45) is 10.1 Å². The first-order chi connectivity index (χ1) is 10.1. The molecular formula is C14H11BrN4OS. The minimum Gasteiger partial charge on any atom is -0.282 e. The first kappa shape index (κ1) is 14.2. The molecule has 1 aromatic rings. The summed E-state index contributed by atoms with van der Waals surface area (Å²) in [4.78, 5) is 16.1. The van der Waals surface area contributed by atoms with E-state index >= 15 is 0 Å². The fraction of sp³-hybridized carbons (Fsp3) is 0.143. The molecule has 3 rings (SSSR count). The van der Waals surface area contributed by atoms with Gasteiger partial charge < -0.3 is 0 Å². The van der Waals surface area contributed by atoms with Crippen LogP contribution in [-0.4, -0.2) is 27.0 Å². The highest BCUT2D eigenvalue weighted by Gasteiger charge is 2.34. The Kier molecular flexibility index (Phi) is 3.77. The smallest absolute Gasteiger partial charge is 0.282 e. The minimum atomic E-state index is -0.394. The maximum Gasteiger partial charge on any atom is 0.283 e. The van der Waals surface area contributed by atoms with Crippen molar-refractivity contribution < 1.29 is 4.79 Å². The van der Waals surface area contributed by atoms with Crippen molar-refractivity contribution in [3.05, 3.63) is 39.9 Å². The zero-order chi connectivity index (χ0) is 15.0. The number of thioether (sulfide) groups is 1. The largest absolute Gasteiger partial charge is 0.283 e. The van der Waals surface area contributed by atoms with Gasteiger partial charge in [0.2, 0.25) is 5.17 Å². The Labute approximate surface area is 134 Å². The average Bonchev–Trinajstić information content (AvgIpc) is 2.88. The zero-order valence-electron chi connectivity index (χ0n) is 11.1. The number of aliphatic imine (C=N–C) groups is 1. The summed E-state index contributed by atoms with van der Waals surface area (Å²) in [5, 5.41) is 15.2. The normalized spacial score (nSPS) is 19.7. The Morgan fingerprint density at radius 2 is 2.10 bits per heavy atom. The number of benzene rings is 1. The number of nitrogens with zero attached hydrogens (tertiary/aromatic N) is 3. The van der Waals surface area contributed by atoms with Gasteiger partial charge in [-0.25, -0.2) is 0 Å². The fourth-order valence-electron chi connectivity index (χ4n) is 1.90. The van der Waals surface area contributed by atoms with E-state index < -0.39 is 5.91 Å². The maximum atomic E-state index is 12.1. The SMILES string of the molecule is CCC1=NN2C(=N)C(=Cc3ccc(Br)cc3)C(=O)N=C2S1. The topological polar surface area (TPSA) is 68.9 Å². The van der Waals surface area contributed by atoms with Crippen LogP contribution >= 0.6 is 27.7 Å². The van der Waals surface area contributed by atoms with Crippen LogP contribution in [0.5, 0.6) is 0 Å². The summed E-state index contributed by atoms with van der Waals surface area (Å²) >= 11 is 4.71. The van der Waals surface area contributed by atoms with Crippen LogP contribution in [0.1, 0.15) is 18.9 Å². The Morgan fingerprint density at radius 1 is 1.38 bits per heavy atom. The lowest BCUT2D eigenvalue weighted by atomic mass is 10.1. The molecule has 2 heterocycles. The number of carbonyl (C=O) groups excluding carboxylic acids is 1. The van der Waals surface area contributed by atoms with Crippen LogP contribution in [0.15, 0.2) is 44.4 Å². The number of hydrazone groups is 1. The summed E-state index contributed by atoms with van der Waals surface area (Å²) < 4.78 is 0.961. The number of carbonyl (C=O) groups is 1. The molecule has 21 heavy (non-hydrogen) atoms. The van der Waals surface area contributed by atoms with Crippen LogP contribution in [0.3, 0.4) is 0 Å². The van der Waals surface area contributed by atoms with Gasteiger partial charge in [-0.3, -0.25) is 10.2 Å². The first-order valence-corrected chi connectivity index (χ1v) is 7.94. The molecule has 7 heteroatoms. The van der Waals surface area contributed by atoms with E-state index in [1.165, 1.54) is 16.8 Å². The quantitative estimate of drug-likeness (QED) is 0.818. The second-order valence-electron chi connectivity index (χ2n) is 4.42. The lowest BCUT2D eigenvalue weighted by molar-refractivity contribution is -0.114. The van der Waals surface area contributed by atoms with Crippen LogP contribution < -0.4 is 0 Å². The number of nitrogens with one attached hydrogen (secondary N) is 1. The molecule has 2 aliphatic heterocycles. The zero-order valence-corrected chi connectivity index (χ0v) is 13.5. The van der Waals surface area contributed by atoms with Crippen molar-refractivity contribution in [2.75, 3.05) is 0 Å². The van der Waals surface area contributed by atoms with Crippen molar-refractivity contribution in [3.8, 4) is 0 Å². The Morgan fingerprint density at radius 3 is 2.76 bits per heavy atom. The number of halogens is 1. The van der Waals surface area contributed by atoms with Gasteiger partial charge in [-0.15, -0.1) is 0 Å². The van der Waals surface area contributed by atoms with Crippen molar-refractivity contribution in [1.82, 2.24) is 5.01 Å². The highest BCUT2D eigenvalue weighted by atomic mass is 79.9. The number of amidine groups is 2. The summed E-state index contributed by atoms with van der Waals surface area (Å²) in [7, 11) is 0. The van der Waals surface area contributed by atoms with E-state index in [0.29, 0.717) is 5.17 Å². The molecule has 0 bridgehead atoms. The van der Waals surface area contributed by atoms with Gasteiger partial charge in [0.25, 0.3) is 5.91 Å². The average molecular weight is 363 g/mol. The number of amides is 1. The van der Waals surface area contributed by atoms with Gasteiger partial charge in [-0.2, -0.15) is 15.1 Å². The Bertz CT molecular complexity index is 721.